The molecule has 73 heavy (non-hydrogen) atoms. The van der Waals surface area contributed by atoms with Crippen LogP contribution >= 0.6 is 0 Å². The van der Waals surface area contributed by atoms with Crippen molar-refractivity contribution in [3.05, 3.63) is 117 Å². The summed E-state index contributed by atoms with van der Waals surface area (Å²) in [7, 11) is 0. The molecular formula is C62H97N3O8. The molecule has 0 fully saturated rings. The van der Waals surface area contributed by atoms with Crippen molar-refractivity contribution in [3.8, 4) is 0 Å². The Hall–Kier alpha value is -4.68. The monoisotopic (exact) mass is 1010 g/mol. The molecule has 2 aliphatic rings. The summed E-state index contributed by atoms with van der Waals surface area (Å²) in [5.74, 6) is -0.930. The van der Waals surface area contributed by atoms with Crippen LogP contribution in [0.3, 0.4) is 0 Å². The predicted octanol–water partition coefficient (Wildman–Crippen LogP) is 12.4. The van der Waals surface area contributed by atoms with E-state index < -0.39 is 5.92 Å². The van der Waals surface area contributed by atoms with Gasteiger partial charge in [-0.05, 0) is 152 Å². The van der Waals surface area contributed by atoms with E-state index >= 15 is 0 Å². The number of ketones is 1. The van der Waals surface area contributed by atoms with Crippen LogP contribution in [-0.2, 0) is 38.1 Å². The maximum absolute atomic E-state index is 13.5. The Morgan fingerprint density at radius 2 is 1.07 bits per heavy atom. The van der Waals surface area contributed by atoms with Gasteiger partial charge >= 0.3 is 0 Å². The van der Waals surface area contributed by atoms with Gasteiger partial charge in [0.2, 0.25) is 17.7 Å². The Kier molecular flexibility index (Phi) is 32.8. The highest BCUT2D eigenvalue weighted by Crippen LogP contribution is 2.42. The van der Waals surface area contributed by atoms with Crippen molar-refractivity contribution in [2.75, 3.05) is 72.5 Å². The smallest absolute Gasteiger partial charge is 0.244 e. The molecule has 408 valence electrons. The molecule has 2 aliphatic carbocycles. The Morgan fingerprint density at radius 3 is 1.59 bits per heavy atom. The normalized spacial score (nSPS) is 17.4. The number of rotatable bonds is 36. The lowest BCUT2D eigenvalue weighted by molar-refractivity contribution is -0.128. The number of amides is 3. The van der Waals surface area contributed by atoms with Gasteiger partial charge in [-0.2, -0.15) is 0 Å². The average Bonchev–Trinajstić information content (AvgIpc) is 3.31. The maximum Gasteiger partial charge on any atom is 0.244 e. The first-order valence-corrected chi connectivity index (χ1v) is 27.3. The standard InChI is InChI=1S/C62H97N3O8/c1-12-70-40-32-58(67)63-36-19-38-71-41-43-73-44-42-72-39-20-37-65-60(69)54(47-55(66)45-50(4)23-15-21-48(2)28-30-56-52(6)25-17-33-61(56,8)9)27-13-14-35-64-59(68)46-51(5)24-16-22-49(3)29-31-57-53(7)26-18-34-62(57,10)11/h15-16,21-24,28-31,45-46,54H,12-14,17-20,25-27,32-44,47H2,1-11H3,(H,63,67)(H,64,68)(H,65,69)/b23-15+,24-16+,30-28+,31-29+,48-21+,49-22+,50-45+,51-46+/t54-/m1/s1. The van der Waals surface area contributed by atoms with Crippen molar-refractivity contribution in [1.29, 1.82) is 0 Å². The fourth-order valence-corrected chi connectivity index (χ4v) is 9.10. The molecule has 1 atom stereocenters. The Bertz CT molecular complexity index is 2040. The highest BCUT2D eigenvalue weighted by atomic mass is 16.5. The summed E-state index contributed by atoms with van der Waals surface area (Å²) in [6.45, 7) is 28.9. The summed E-state index contributed by atoms with van der Waals surface area (Å²) in [6.07, 6.45) is 34.9. The number of hydrogen-bond donors (Lipinski definition) is 3. The molecule has 0 spiro atoms. The van der Waals surface area contributed by atoms with Crippen LogP contribution in [0.5, 0.6) is 0 Å². The predicted molar refractivity (Wildman–Crippen MR) is 301 cm³/mol. The van der Waals surface area contributed by atoms with Gasteiger partial charge in [0, 0.05) is 64.3 Å². The second-order valence-electron chi connectivity index (χ2n) is 21.1. The molecular weight excluding hydrogens is 915 g/mol. The van der Waals surface area contributed by atoms with E-state index in [2.05, 4.69) is 108 Å². The summed E-state index contributed by atoms with van der Waals surface area (Å²) in [5.41, 5.74) is 10.1. The van der Waals surface area contributed by atoms with E-state index in [0.717, 1.165) is 35.1 Å². The van der Waals surface area contributed by atoms with Crippen LogP contribution < -0.4 is 16.0 Å². The molecule has 0 aromatic carbocycles. The largest absolute Gasteiger partial charge is 0.381 e. The third-order valence-electron chi connectivity index (χ3n) is 13.4. The molecule has 0 bridgehead atoms. The van der Waals surface area contributed by atoms with Crippen molar-refractivity contribution in [3.63, 3.8) is 0 Å². The van der Waals surface area contributed by atoms with Gasteiger partial charge < -0.3 is 34.9 Å². The van der Waals surface area contributed by atoms with Crippen LogP contribution in [0.1, 0.15) is 160 Å². The van der Waals surface area contributed by atoms with Crippen LogP contribution in [0.4, 0.5) is 0 Å². The van der Waals surface area contributed by atoms with Gasteiger partial charge in [0.15, 0.2) is 5.78 Å². The summed E-state index contributed by atoms with van der Waals surface area (Å²) in [5, 5.41) is 8.86. The highest BCUT2D eigenvalue weighted by molar-refractivity contribution is 5.94. The molecule has 11 heteroatoms. The van der Waals surface area contributed by atoms with Gasteiger partial charge in [0.25, 0.3) is 0 Å². The molecule has 0 heterocycles. The number of ether oxygens (including phenoxy) is 4. The minimum absolute atomic E-state index is 0.0178. The number of allylic oxidation sites excluding steroid dienone is 19. The van der Waals surface area contributed by atoms with Crippen LogP contribution in [0, 0.1) is 16.7 Å². The van der Waals surface area contributed by atoms with Gasteiger partial charge in [-0.25, -0.2) is 0 Å². The maximum atomic E-state index is 13.5. The molecule has 0 aromatic heterocycles. The zero-order valence-electron chi connectivity index (χ0n) is 47.2. The second-order valence-corrected chi connectivity index (χ2v) is 21.1. The fraction of sp³-hybridized carbons (Fsp3) is 0.613. The van der Waals surface area contributed by atoms with E-state index in [1.54, 1.807) is 12.2 Å². The molecule has 0 unspecified atom stereocenters. The molecule has 3 N–H and O–H groups in total. The van der Waals surface area contributed by atoms with E-state index in [0.29, 0.717) is 105 Å². The lowest BCUT2D eigenvalue weighted by atomic mass is 9.72. The second kappa shape index (κ2) is 37.1. The quantitative estimate of drug-likeness (QED) is 0.0320. The van der Waals surface area contributed by atoms with Crippen molar-refractivity contribution in [2.45, 2.75) is 160 Å². The first kappa shape index (κ1) is 64.4. The van der Waals surface area contributed by atoms with E-state index in [1.807, 2.05) is 45.1 Å². The molecule has 0 saturated carbocycles. The lowest BCUT2D eigenvalue weighted by Crippen LogP contribution is -2.33. The van der Waals surface area contributed by atoms with Gasteiger partial charge in [-0.3, -0.25) is 19.2 Å². The van der Waals surface area contributed by atoms with Crippen molar-refractivity contribution in [2.24, 2.45) is 16.7 Å². The summed E-state index contributed by atoms with van der Waals surface area (Å²) in [4.78, 5) is 51.3. The fourth-order valence-electron chi connectivity index (χ4n) is 9.10. The molecule has 3 amide bonds. The molecule has 0 radical (unpaired) electrons. The molecule has 0 saturated heterocycles. The number of carbonyl (C=O) groups is 4. The zero-order chi connectivity index (χ0) is 53.9. The summed E-state index contributed by atoms with van der Waals surface area (Å²) < 4.78 is 22.1. The minimum Gasteiger partial charge on any atom is -0.381 e. The van der Waals surface area contributed by atoms with E-state index in [9.17, 15) is 19.2 Å². The van der Waals surface area contributed by atoms with Crippen LogP contribution in [0.25, 0.3) is 0 Å². The first-order valence-electron chi connectivity index (χ1n) is 27.3. The number of unbranched alkanes of at least 4 members (excludes halogenated alkanes) is 1. The van der Waals surface area contributed by atoms with E-state index in [-0.39, 0.29) is 40.8 Å². The van der Waals surface area contributed by atoms with Crippen molar-refractivity contribution >= 4 is 23.5 Å². The molecule has 0 aromatic rings. The Balaban J connectivity index is 1.86. The van der Waals surface area contributed by atoms with Crippen LogP contribution in [0.2, 0.25) is 0 Å². The molecule has 0 aliphatic heterocycles. The van der Waals surface area contributed by atoms with Crippen LogP contribution in [0.15, 0.2) is 117 Å². The number of carbonyl (C=O) groups excluding carboxylic acids is 4. The van der Waals surface area contributed by atoms with Crippen molar-refractivity contribution < 1.29 is 38.1 Å². The topological polar surface area (TPSA) is 141 Å². The molecule has 2 rings (SSSR count). The first-order chi connectivity index (χ1) is 34.8. The third-order valence-corrected chi connectivity index (χ3v) is 13.4. The number of nitrogens with one attached hydrogen (secondary N) is 3. The molecule has 11 nitrogen and oxygen atoms in total. The SMILES string of the molecule is CCOCCC(=O)NCCCOCCOCCOCCCNC(=O)[C@H](CCCCNC(=O)/C=C(C)/C=C/C=C(C)/C=C/C1=C(C)CCCC1(C)C)CC(=O)/C=C(C)/C=C/C=C(C)/C=C/C1=C(C)CCCC1(C)C. The summed E-state index contributed by atoms with van der Waals surface area (Å²) >= 11 is 0. The third kappa shape index (κ3) is 29.7. The van der Waals surface area contributed by atoms with Gasteiger partial charge in [0.1, 0.15) is 0 Å². The average molecular weight is 1010 g/mol. The van der Waals surface area contributed by atoms with Crippen molar-refractivity contribution in [1.82, 2.24) is 16.0 Å². The minimum atomic E-state index is -0.500. The number of hydrogen-bond acceptors (Lipinski definition) is 8. The van der Waals surface area contributed by atoms with E-state index in [4.69, 9.17) is 18.9 Å². The van der Waals surface area contributed by atoms with E-state index in [1.165, 1.54) is 54.4 Å². The van der Waals surface area contributed by atoms with Crippen LogP contribution in [-0.4, -0.2) is 96.0 Å². The lowest BCUT2D eigenvalue weighted by Gasteiger charge is -2.33. The summed E-state index contributed by atoms with van der Waals surface area (Å²) in [6, 6.07) is 0. The Morgan fingerprint density at radius 1 is 0.575 bits per heavy atom. The van der Waals surface area contributed by atoms with Gasteiger partial charge in [-0.15, -0.1) is 0 Å². The Labute approximate surface area is 442 Å². The van der Waals surface area contributed by atoms with Gasteiger partial charge in [-0.1, -0.05) is 117 Å². The highest BCUT2D eigenvalue weighted by Gasteiger charge is 2.27. The van der Waals surface area contributed by atoms with Gasteiger partial charge in [0.05, 0.1) is 33.0 Å². The zero-order valence-corrected chi connectivity index (χ0v) is 47.2.